The van der Waals surface area contributed by atoms with E-state index in [1.165, 1.54) is 6.92 Å². The van der Waals surface area contributed by atoms with Gasteiger partial charge < -0.3 is 14.2 Å². The van der Waals surface area contributed by atoms with Gasteiger partial charge in [0.05, 0.1) is 0 Å². The molecule has 14 heavy (non-hydrogen) atoms. The summed E-state index contributed by atoms with van der Waals surface area (Å²) in [6.07, 6.45) is -0.0572. The summed E-state index contributed by atoms with van der Waals surface area (Å²) >= 11 is 1.57. The van der Waals surface area contributed by atoms with Crippen LogP contribution in [0.5, 0.6) is 0 Å². The zero-order valence-corrected chi connectivity index (χ0v) is 9.30. The van der Waals surface area contributed by atoms with E-state index in [0.717, 1.165) is 5.75 Å². The lowest BCUT2D eigenvalue weighted by atomic mass is 10.2. The van der Waals surface area contributed by atoms with Crippen LogP contribution in [0.25, 0.3) is 0 Å². The fraction of sp³-hybridized carbons (Fsp3) is 0.889. The number of esters is 1. The van der Waals surface area contributed by atoms with Crippen molar-refractivity contribution in [3.8, 4) is 0 Å². The van der Waals surface area contributed by atoms with Gasteiger partial charge in [-0.15, -0.1) is 11.8 Å². The van der Waals surface area contributed by atoms with E-state index < -0.39 is 5.79 Å². The summed E-state index contributed by atoms with van der Waals surface area (Å²) < 4.78 is 16.5. The fourth-order valence-electron chi connectivity index (χ4n) is 1.77. The first-order valence-electron chi connectivity index (χ1n) is 4.62. The van der Waals surface area contributed by atoms with Crippen LogP contribution >= 0.6 is 11.8 Å². The number of carbonyl (C=O) groups is 1. The summed E-state index contributed by atoms with van der Waals surface area (Å²) in [5, 5.41) is 0. The number of carbonyl (C=O) groups excluding carboxylic acids is 1. The molecular weight excluding hydrogens is 204 g/mol. The molecule has 2 fully saturated rings. The average molecular weight is 218 g/mol. The summed E-state index contributed by atoms with van der Waals surface area (Å²) in [6.45, 7) is 5.16. The maximum atomic E-state index is 10.8. The topological polar surface area (TPSA) is 44.8 Å². The lowest BCUT2D eigenvalue weighted by molar-refractivity contribution is -0.162. The highest BCUT2D eigenvalue weighted by Gasteiger charge is 2.51. The molecule has 80 valence electrons. The summed E-state index contributed by atoms with van der Waals surface area (Å²) in [7, 11) is 0. The van der Waals surface area contributed by atoms with Crippen LogP contribution in [-0.4, -0.2) is 35.2 Å². The zero-order valence-electron chi connectivity index (χ0n) is 8.48. The van der Waals surface area contributed by atoms with Gasteiger partial charge in [0, 0.05) is 12.7 Å². The van der Waals surface area contributed by atoms with Crippen LogP contribution in [0.15, 0.2) is 0 Å². The van der Waals surface area contributed by atoms with Gasteiger partial charge in [-0.05, 0) is 13.8 Å². The molecule has 0 aliphatic carbocycles. The molecule has 0 N–H and O–H groups in total. The van der Waals surface area contributed by atoms with Crippen LogP contribution in [0.3, 0.4) is 0 Å². The molecule has 0 spiro atoms. The van der Waals surface area contributed by atoms with Gasteiger partial charge in [-0.25, -0.2) is 0 Å². The second kappa shape index (κ2) is 3.40. The van der Waals surface area contributed by atoms with Gasteiger partial charge in [-0.3, -0.25) is 4.79 Å². The standard InChI is InChI=1S/C9H14O4S/c1-5(10)11-8-7-6(4-14-8)12-9(2,3)13-7/h6-8H,4H2,1-3H3/t6?,7?,8-/m1/s1. The highest BCUT2D eigenvalue weighted by atomic mass is 32.2. The van der Waals surface area contributed by atoms with Crippen molar-refractivity contribution in [2.75, 3.05) is 5.75 Å². The van der Waals surface area contributed by atoms with Gasteiger partial charge in [-0.2, -0.15) is 0 Å². The first kappa shape index (κ1) is 10.3. The first-order valence-corrected chi connectivity index (χ1v) is 5.67. The molecule has 0 aromatic rings. The van der Waals surface area contributed by atoms with Crippen molar-refractivity contribution in [2.24, 2.45) is 0 Å². The zero-order chi connectivity index (χ0) is 10.3. The highest BCUT2D eigenvalue weighted by Crippen LogP contribution is 2.41. The molecule has 2 aliphatic rings. The Morgan fingerprint density at radius 3 is 2.86 bits per heavy atom. The predicted octanol–water partition coefficient (Wildman–Crippen LogP) is 1.14. The van der Waals surface area contributed by atoms with E-state index in [1.807, 2.05) is 13.8 Å². The Balaban J connectivity index is 2.01. The molecule has 5 heteroatoms. The number of rotatable bonds is 1. The van der Waals surface area contributed by atoms with Crippen LogP contribution in [0.2, 0.25) is 0 Å². The average Bonchev–Trinajstić information content (AvgIpc) is 2.47. The minimum absolute atomic E-state index is 0.0550. The van der Waals surface area contributed by atoms with E-state index in [-0.39, 0.29) is 23.6 Å². The van der Waals surface area contributed by atoms with Crippen molar-refractivity contribution in [3.63, 3.8) is 0 Å². The minimum Gasteiger partial charge on any atom is -0.449 e. The molecule has 2 heterocycles. The number of ether oxygens (including phenoxy) is 3. The molecule has 0 aromatic carbocycles. The minimum atomic E-state index is -0.547. The summed E-state index contributed by atoms with van der Waals surface area (Å²) in [5.74, 6) is 0.0114. The second-order valence-corrected chi connectivity index (χ2v) is 5.08. The third kappa shape index (κ3) is 1.89. The normalized spacial score (nSPS) is 39.5. The molecule has 0 saturated carbocycles. The SMILES string of the molecule is CC(=O)O[C@@H]1SCC2OC(C)(C)OC21. The third-order valence-corrected chi connectivity index (χ3v) is 3.41. The Labute approximate surface area is 87.3 Å². The lowest BCUT2D eigenvalue weighted by Gasteiger charge is -2.20. The van der Waals surface area contributed by atoms with Gasteiger partial charge in [0.25, 0.3) is 0 Å². The van der Waals surface area contributed by atoms with E-state index in [4.69, 9.17) is 14.2 Å². The maximum absolute atomic E-state index is 10.8. The molecule has 0 bridgehead atoms. The molecule has 2 unspecified atom stereocenters. The van der Waals surface area contributed by atoms with Crippen LogP contribution in [-0.2, 0) is 19.0 Å². The third-order valence-electron chi connectivity index (χ3n) is 2.20. The van der Waals surface area contributed by atoms with E-state index in [9.17, 15) is 4.79 Å². The van der Waals surface area contributed by atoms with Crippen LogP contribution in [0.4, 0.5) is 0 Å². The lowest BCUT2D eigenvalue weighted by Crippen LogP contribution is -2.30. The van der Waals surface area contributed by atoms with Crippen molar-refractivity contribution in [1.29, 1.82) is 0 Å². The Bertz CT molecular complexity index is 253. The number of hydrogen-bond acceptors (Lipinski definition) is 5. The monoisotopic (exact) mass is 218 g/mol. The smallest absolute Gasteiger partial charge is 0.303 e. The molecule has 3 atom stereocenters. The van der Waals surface area contributed by atoms with E-state index in [0.29, 0.717) is 0 Å². The van der Waals surface area contributed by atoms with E-state index >= 15 is 0 Å². The molecule has 2 aliphatic heterocycles. The summed E-state index contributed by atoms with van der Waals surface area (Å²) in [6, 6.07) is 0. The fourth-order valence-corrected chi connectivity index (χ4v) is 3.03. The van der Waals surface area contributed by atoms with Crippen molar-refractivity contribution in [2.45, 2.75) is 44.2 Å². The molecule has 2 saturated heterocycles. The Hall–Kier alpha value is -0.260. The summed E-state index contributed by atoms with van der Waals surface area (Å²) in [4.78, 5) is 10.8. The van der Waals surface area contributed by atoms with Gasteiger partial charge in [0.2, 0.25) is 0 Å². The van der Waals surface area contributed by atoms with Crippen LogP contribution in [0.1, 0.15) is 20.8 Å². The number of fused-ring (bicyclic) bond motifs is 1. The Morgan fingerprint density at radius 2 is 2.21 bits per heavy atom. The predicted molar refractivity (Wildman–Crippen MR) is 51.8 cm³/mol. The highest BCUT2D eigenvalue weighted by molar-refractivity contribution is 8.00. The summed E-state index contributed by atoms with van der Waals surface area (Å²) in [5.41, 5.74) is -0.209. The van der Waals surface area contributed by atoms with Gasteiger partial charge in [-0.1, -0.05) is 0 Å². The molecule has 0 amide bonds. The largest absolute Gasteiger partial charge is 0.449 e. The van der Waals surface area contributed by atoms with Gasteiger partial charge in [0.15, 0.2) is 11.2 Å². The molecule has 0 aromatic heterocycles. The maximum Gasteiger partial charge on any atom is 0.303 e. The first-order chi connectivity index (χ1) is 6.48. The number of thioether (sulfide) groups is 1. The van der Waals surface area contributed by atoms with Crippen molar-refractivity contribution in [1.82, 2.24) is 0 Å². The van der Waals surface area contributed by atoms with Gasteiger partial charge in [0.1, 0.15) is 12.2 Å². The van der Waals surface area contributed by atoms with Crippen LogP contribution in [0, 0.1) is 0 Å². The molecule has 4 nitrogen and oxygen atoms in total. The van der Waals surface area contributed by atoms with E-state index in [1.54, 1.807) is 11.8 Å². The quantitative estimate of drug-likeness (QED) is 0.618. The number of hydrogen-bond donors (Lipinski definition) is 0. The molecule has 2 rings (SSSR count). The van der Waals surface area contributed by atoms with Crippen LogP contribution < -0.4 is 0 Å². The van der Waals surface area contributed by atoms with Gasteiger partial charge >= 0.3 is 5.97 Å². The molecular formula is C9H14O4S. The van der Waals surface area contributed by atoms with Crippen molar-refractivity contribution < 1.29 is 19.0 Å². The Morgan fingerprint density at radius 1 is 1.50 bits per heavy atom. The second-order valence-electron chi connectivity index (χ2n) is 3.95. The van der Waals surface area contributed by atoms with E-state index in [2.05, 4.69) is 0 Å². The van der Waals surface area contributed by atoms with Crippen molar-refractivity contribution >= 4 is 17.7 Å². The molecule has 0 radical (unpaired) electrons. The van der Waals surface area contributed by atoms with Crippen molar-refractivity contribution in [3.05, 3.63) is 0 Å². The Kier molecular flexibility index (Phi) is 2.49.